The van der Waals surface area contributed by atoms with Gasteiger partial charge in [-0.25, -0.2) is 0 Å². The summed E-state index contributed by atoms with van der Waals surface area (Å²) >= 11 is 18.4. The molecule has 2 aliphatic heterocycles. The maximum atomic E-state index is 13.4. The highest BCUT2D eigenvalue weighted by molar-refractivity contribution is 6.42. The number of halogens is 3. The first kappa shape index (κ1) is 19.9. The summed E-state index contributed by atoms with van der Waals surface area (Å²) in [6, 6.07) is 9.24. The number of hydrogen-bond donors (Lipinski definition) is 0. The Kier molecular flexibility index (Phi) is 5.02. The van der Waals surface area contributed by atoms with Crippen molar-refractivity contribution in [2.45, 2.75) is 25.0 Å². The molecule has 0 saturated carbocycles. The van der Waals surface area contributed by atoms with Crippen molar-refractivity contribution in [3.63, 3.8) is 0 Å². The van der Waals surface area contributed by atoms with Crippen molar-refractivity contribution in [3.8, 4) is 0 Å². The Hall–Kier alpha value is -2.05. The third-order valence-electron chi connectivity index (χ3n) is 5.61. The van der Waals surface area contributed by atoms with Crippen LogP contribution < -0.4 is 5.43 Å². The van der Waals surface area contributed by atoms with Gasteiger partial charge in [0.2, 0.25) is 5.76 Å². The standard InChI is InChI=1S/C22H16Cl3NO4/c23-12-4-6-17-14(9-12)20(27)18-19(11-3-5-15(24)16(25)8-11)26(22(28)21(18)30-17)10-13-2-1-7-29-13/h3-6,8-9,13,19H,1-2,7,10H2/t13-,19+/m0/s1. The fourth-order valence-corrected chi connectivity index (χ4v) is 4.70. The van der Waals surface area contributed by atoms with Crippen molar-refractivity contribution < 1.29 is 13.9 Å². The molecule has 1 saturated heterocycles. The van der Waals surface area contributed by atoms with E-state index in [1.807, 2.05) is 0 Å². The van der Waals surface area contributed by atoms with Crippen LogP contribution in [0.4, 0.5) is 0 Å². The molecule has 2 aromatic carbocycles. The third kappa shape index (κ3) is 3.21. The molecule has 5 nitrogen and oxygen atoms in total. The first-order valence-electron chi connectivity index (χ1n) is 9.58. The SMILES string of the molecule is O=C1c2oc3ccc(Cl)cc3c(=O)c2[C@@H](c2ccc(Cl)c(Cl)c2)N1C[C@@H]1CCCO1. The molecule has 1 fully saturated rings. The molecule has 0 aliphatic carbocycles. The molecule has 0 N–H and O–H groups in total. The number of rotatable bonds is 3. The van der Waals surface area contributed by atoms with E-state index >= 15 is 0 Å². The second-order valence-electron chi connectivity index (χ2n) is 7.48. The predicted octanol–water partition coefficient (Wildman–Crippen LogP) is 5.48. The van der Waals surface area contributed by atoms with Crippen LogP contribution >= 0.6 is 34.8 Å². The van der Waals surface area contributed by atoms with E-state index in [0.29, 0.717) is 44.8 Å². The van der Waals surface area contributed by atoms with Gasteiger partial charge in [-0.05, 0) is 48.7 Å². The van der Waals surface area contributed by atoms with Gasteiger partial charge >= 0.3 is 0 Å². The minimum atomic E-state index is -0.647. The largest absolute Gasteiger partial charge is 0.450 e. The van der Waals surface area contributed by atoms with Crippen molar-refractivity contribution >= 4 is 51.7 Å². The summed E-state index contributed by atoms with van der Waals surface area (Å²) in [5, 5.41) is 1.49. The van der Waals surface area contributed by atoms with Crippen LogP contribution in [-0.4, -0.2) is 30.1 Å². The monoisotopic (exact) mass is 463 g/mol. The highest BCUT2D eigenvalue weighted by Crippen LogP contribution is 2.40. The van der Waals surface area contributed by atoms with Gasteiger partial charge in [-0.1, -0.05) is 40.9 Å². The second-order valence-corrected chi connectivity index (χ2v) is 8.73. The highest BCUT2D eigenvalue weighted by atomic mass is 35.5. The van der Waals surface area contributed by atoms with Crippen molar-refractivity contribution in [2.75, 3.05) is 13.2 Å². The maximum absolute atomic E-state index is 13.4. The number of amides is 1. The van der Waals surface area contributed by atoms with Crippen molar-refractivity contribution in [3.05, 3.63) is 78.6 Å². The molecule has 2 aliphatic rings. The maximum Gasteiger partial charge on any atom is 0.291 e. The lowest BCUT2D eigenvalue weighted by Gasteiger charge is -2.27. The zero-order chi connectivity index (χ0) is 21.0. The average molecular weight is 465 g/mol. The Balaban J connectivity index is 1.72. The van der Waals surface area contributed by atoms with Gasteiger partial charge in [0.25, 0.3) is 5.91 Å². The van der Waals surface area contributed by atoms with E-state index in [9.17, 15) is 9.59 Å². The molecule has 1 amide bonds. The van der Waals surface area contributed by atoms with Crippen LogP contribution in [0, 0.1) is 0 Å². The fourth-order valence-electron chi connectivity index (χ4n) is 4.22. The molecule has 0 radical (unpaired) electrons. The van der Waals surface area contributed by atoms with Gasteiger partial charge in [0, 0.05) is 18.2 Å². The molecule has 5 rings (SSSR count). The first-order valence-corrected chi connectivity index (χ1v) is 10.7. The van der Waals surface area contributed by atoms with Crippen LogP contribution in [-0.2, 0) is 4.74 Å². The van der Waals surface area contributed by atoms with Crippen LogP contribution in [0.1, 0.15) is 40.6 Å². The lowest BCUT2D eigenvalue weighted by atomic mass is 9.98. The molecule has 3 aromatic rings. The quantitative estimate of drug-likeness (QED) is 0.515. The Bertz CT molecular complexity index is 1230. The number of carbonyl (C=O) groups is 1. The molecule has 154 valence electrons. The van der Waals surface area contributed by atoms with Gasteiger partial charge in [0.15, 0.2) is 5.43 Å². The molecule has 1 aromatic heterocycles. The molecule has 30 heavy (non-hydrogen) atoms. The molecule has 0 bridgehead atoms. The van der Waals surface area contributed by atoms with E-state index in [-0.39, 0.29) is 28.8 Å². The molecular weight excluding hydrogens is 449 g/mol. The molecule has 0 unspecified atom stereocenters. The fraction of sp³-hybridized carbons (Fsp3) is 0.273. The zero-order valence-corrected chi connectivity index (χ0v) is 17.9. The van der Waals surface area contributed by atoms with E-state index in [0.717, 1.165) is 12.8 Å². The lowest BCUT2D eigenvalue weighted by molar-refractivity contribution is 0.0486. The van der Waals surface area contributed by atoms with Gasteiger partial charge in [-0.15, -0.1) is 0 Å². The summed E-state index contributed by atoms with van der Waals surface area (Å²) in [6.45, 7) is 1.02. The van der Waals surface area contributed by atoms with Gasteiger partial charge in [0.05, 0.1) is 33.1 Å². The Labute approximate surface area is 187 Å². The second kappa shape index (κ2) is 7.57. The van der Waals surface area contributed by atoms with Crippen molar-refractivity contribution in [1.29, 1.82) is 0 Å². The van der Waals surface area contributed by atoms with Crippen LogP contribution in [0.25, 0.3) is 11.0 Å². The molecule has 0 spiro atoms. The van der Waals surface area contributed by atoms with Gasteiger partial charge in [-0.2, -0.15) is 0 Å². The number of benzene rings is 2. The Morgan fingerprint density at radius 1 is 1.03 bits per heavy atom. The van der Waals surface area contributed by atoms with E-state index in [1.54, 1.807) is 41.3 Å². The van der Waals surface area contributed by atoms with Crippen molar-refractivity contribution in [2.24, 2.45) is 0 Å². The van der Waals surface area contributed by atoms with Gasteiger partial charge in [0.1, 0.15) is 5.58 Å². The van der Waals surface area contributed by atoms with E-state index in [2.05, 4.69) is 0 Å². The minimum Gasteiger partial charge on any atom is -0.450 e. The number of carbonyl (C=O) groups excluding carboxylic acids is 1. The topological polar surface area (TPSA) is 59.8 Å². The number of ether oxygens (including phenoxy) is 1. The van der Waals surface area contributed by atoms with E-state index in [1.165, 1.54) is 0 Å². The summed E-state index contributed by atoms with van der Waals surface area (Å²) < 4.78 is 11.6. The summed E-state index contributed by atoms with van der Waals surface area (Å²) in [7, 11) is 0. The van der Waals surface area contributed by atoms with Crippen LogP contribution in [0.15, 0.2) is 45.6 Å². The minimum absolute atomic E-state index is 0.0453. The summed E-state index contributed by atoms with van der Waals surface area (Å²) in [5.41, 5.74) is 1.01. The number of nitrogens with zero attached hydrogens (tertiary/aromatic N) is 1. The highest BCUT2D eigenvalue weighted by Gasteiger charge is 2.44. The van der Waals surface area contributed by atoms with E-state index < -0.39 is 6.04 Å². The van der Waals surface area contributed by atoms with E-state index in [4.69, 9.17) is 44.0 Å². The smallest absolute Gasteiger partial charge is 0.291 e. The average Bonchev–Trinajstić information content (AvgIpc) is 3.33. The van der Waals surface area contributed by atoms with Gasteiger partial charge in [-0.3, -0.25) is 9.59 Å². The summed E-state index contributed by atoms with van der Waals surface area (Å²) in [4.78, 5) is 28.4. The Morgan fingerprint density at radius 2 is 1.87 bits per heavy atom. The Morgan fingerprint density at radius 3 is 2.60 bits per heavy atom. The third-order valence-corrected chi connectivity index (χ3v) is 6.59. The van der Waals surface area contributed by atoms with Crippen molar-refractivity contribution in [1.82, 2.24) is 4.90 Å². The van der Waals surface area contributed by atoms with Gasteiger partial charge < -0.3 is 14.1 Å². The predicted molar refractivity (Wildman–Crippen MR) is 116 cm³/mol. The molecule has 3 heterocycles. The zero-order valence-electron chi connectivity index (χ0n) is 15.7. The molecular formula is C22H16Cl3NO4. The van der Waals surface area contributed by atoms with Crippen LogP contribution in [0.5, 0.6) is 0 Å². The molecule has 8 heteroatoms. The van der Waals surface area contributed by atoms with Crippen LogP contribution in [0.3, 0.4) is 0 Å². The summed E-state index contributed by atoms with van der Waals surface area (Å²) in [5.74, 6) is -0.297. The number of hydrogen-bond acceptors (Lipinski definition) is 4. The first-order chi connectivity index (χ1) is 14.4. The van der Waals surface area contributed by atoms with Crippen LogP contribution in [0.2, 0.25) is 15.1 Å². The number of fused-ring (bicyclic) bond motifs is 2. The summed E-state index contributed by atoms with van der Waals surface area (Å²) in [6.07, 6.45) is 1.71. The lowest BCUT2D eigenvalue weighted by Crippen LogP contribution is -2.36. The normalized spacial score (nSPS) is 20.9. The molecule has 2 atom stereocenters.